The van der Waals surface area contributed by atoms with Gasteiger partial charge in [-0.3, -0.25) is 0 Å². The van der Waals surface area contributed by atoms with E-state index in [1.807, 2.05) is 0 Å². The van der Waals surface area contributed by atoms with Crippen LogP contribution in [0.4, 0.5) is 9.59 Å². The van der Waals surface area contributed by atoms with E-state index in [9.17, 15) is 19.2 Å². The number of rotatable bonds is 13. The number of amides is 2. The summed E-state index contributed by atoms with van der Waals surface area (Å²) in [7, 11) is 0. The lowest BCUT2D eigenvalue weighted by atomic mass is 9.76. The van der Waals surface area contributed by atoms with Crippen molar-refractivity contribution in [3.05, 3.63) is 0 Å². The molecule has 10 nitrogen and oxygen atoms in total. The summed E-state index contributed by atoms with van der Waals surface area (Å²) < 4.78 is 9.83. The molecule has 0 spiro atoms. The van der Waals surface area contributed by atoms with Gasteiger partial charge in [-0.05, 0) is 161 Å². The average molecular weight is 792 g/mol. The van der Waals surface area contributed by atoms with Crippen molar-refractivity contribution in [3.63, 3.8) is 0 Å². The van der Waals surface area contributed by atoms with Gasteiger partial charge in [0.15, 0.2) is 0 Å². The molecular formula is C30H46BIN4O6PS2. The van der Waals surface area contributed by atoms with Gasteiger partial charge >= 0.3 is 18.5 Å². The van der Waals surface area contributed by atoms with E-state index in [0.29, 0.717) is 11.8 Å². The third-order valence-electron chi connectivity index (χ3n) is 10.2. The molecule has 1 radical (unpaired) electrons. The molecule has 2 N–H and O–H groups in total. The molecule has 0 aromatic heterocycles. The highest BCUT2D eigenvalue weighted by atomic mass is 127. The minimum Gasteiger partial charge on any atom is -0.388 e. The van der Waals surface area contributed by atoms with Gasteiger partial charge in [0, 0.05) is 28.6 Å². The summed E-state index contributed by atoms with van der Waals surface area (Å²) >= 11 is 4.29. The number of carbonyl (C=O) groups is 2. The lowest BCUT2D eigenvalue weighted by molar-refractivity contribution is 0.187. The molecule has 4 aliphatic carbocycles. The lowest BCUT2D eigenvalue weighted by Gasteiger charge is -2.33. The summed E-state index contributed by atoms with van der Waals surface area (Å²) in [5.41, 5.74) is 0. The molecular weight excluding hydrogens is 745 g/mol. The monoisotopic (exact) mass is 791 g/mol. The molecule has 4 rings (SSSR count). The van der Waals surface area contributed by atoms with Gasteiger partial charge in [0.2, 0.25) is 12.2 Å². The zero-order chi connectivity index (χ0) is 31.9. The molecule has 0 aromatic carbocycles. The third kappa shape index (κ3) is 14.1. The molecule has 0 aromatic rings. The van der Waals surface area contributed by atoms with E-state index >= 15 is 0 Å². The fourth-order valence-corrected chi connectivity index (χ4v) is 11.3. The molecule has 249 valence electrons. The maximum absolute atomic E-state index is 12.4. The van der Waals surface area contributed by atoms with Crippen molar-refractivity contribution in [2.24, 2.45) is 33.7 Å². The van der Waals surface area contributed by atoms with Gasteiger partial charge in [0.1, 0.15) is 0 Å². The van der Waals surface area contributed by atoms with Crippen molar-refractivity contribution in [3.8, 4) is 0 Å². The van der Waals surface area contributed by atoms with Gasteiger partial charge in [0.25, 0.3) is 0 Å². The third-order valence-corrected chi connectivity index (χ3v) is 16.8. The highest BCUT2D eigenvalue weighted by molar-refractivity contribution is 14.2. The Bertz CT molecular complexity index is 1030. The molecule has 4 fully saturated rings. The van der Waals surface area contributed by atoms with E-state index in [0.717, 1.165) is 138 Å². The summed E-state index contributed by atoms with van der Waals surface area (Å²) in [4.78, 5) is 53.4. The maximum Gasteiger partial charge on any atom is 0.419 e. The highest BCUT2D eigenvalue weighted by Crippen LogP contribution is 2.58. The predicted molar refractivity (Wildman–Crippen MR) is 190 cm³/mol. The van der Waals surface area contributed by atoms with Crippen LogP contribution in [0.25, 0.3) is 0 Å². The minimum absolute atomic E-state index is 0.147. The van der Waals surface area contributed by atoms with E-state index in [1.54, 1.807) is 18.4 Å². The molecule has 45 heavy (non-hydrogen) atoms. The van der Waals surface area contributed by atoms with Crippen LogP contribution < -0.4 is 10.6 Å². The second-order valence-electron chi connectivity index (χ2n) is 13.3. The van der Waals surface area contributed by atoms with Gasteiger partial charge in [-0.1, -0.05) is 0 Å². The summed E-state index contributed by atoms with van der Waals surface area (Å²) in [5, 5.41) is 6.01. The molecule has 0 bridgehead atoms. The predicted octanol–water partition coefficient (Wildman–Crippen LogP) is 8.70. The van der Waals surface area contributed by atoms with Gasteiger partial charge in [-0.15, -0.1) is 0 Å². The van der Waals surface area contributed by atoms with E-state index in [1.165, 1.54) is 12.8 Å². The Balaban J connectivity index is 0.978. The van der Waals surface area contributed by atoms with E-state index in [4.69, 9.17) is 8.37 Å². The Hall–Kier alpha value is -0.775. The fraction of sp³-hybridized carbons (Fsp3) is 0.867. The molecule has 4 saturated carbocycles. The Morgan fingerprint density at radius 1 is 0.667 bits per heavy atom. The summed E-state index contributed by atoms with van der Waals surface area (Å²) in [5.74, 6) is 2.87. The van der Waals surface area contributed by atoms with Crippen LogP contribution in [0.1, 0.15) is 116 Å². The van der Waals surface area contributed by atoms with Crippen molar-refractivity contribution >= 4 is 80.9 Å². The second-order valence-corrected chi connectivity index (χ2v) is 22.0. The largest absolute Gasteiger partial charge is 0.419 e. The van der Waals surface area contributed by atoms with Crippen LogP contribution in [0.2, 0.25) is 0 Å². The molecule has 0 aliphatic heterocycles. The van der Waals surface area contributed by atoms with Crippen LogP contribution in [0.15, 0.2) is 9.98 Å². The highest BCUT2D eigenvalue weighted by Gasteiger charge is 2.29. The zero-order valence-electron chi connectivity index (χ0n) is 25.9. The number of nitrogens with one attached hydrogen (secondary N) is 2. The summed E-state index contributed by atoms with van der Waals surface area (Å²) in [6.07, 6.45) is 23.8. The van der Waals surface area contributed by atoms with E-state index < -0.39 is 16.8 Å². The molecule has 0 heterocycles. The van der Waals surface area contributed by atoms with Gasteiger partial charge in [0.05, 0.1) is 23.7 Å². The maximum atomic E-state index is 12.4. The van der Waals surface area contributed by atoms with Crippen LogP contribution in [0, 0.1) is 23.7 Å². The SMILES string of the molecule is O=C=NC1CCC(CC2CCC(NC(=O)OS[B]P(I)SOC(=O)NC3CCC(CC4CCC(N=C=O)CC4)CC3)CC2)CC1. The lowest BCUT2D eigenvalue weighted by Crippen LogP contribution is -2.37. The van der Waals surface area contributed by atoms with Crippen molar-refractivity contribution in [2.75, 3.05) is 0 Å². The van der Waals surface area contributed by atoms with Gasteiger partial charge < -0.3 is 19.0 Å². The number of aliphatic imine (C=N–C) groups is 2. The molecule has 15 heteroatoms. The molecule has 1 atom stereocenters. The Labute approximate surface area is 290 Å². The van der Waals surface area contributed by atoms with Crippen LogP contribution in [-0.4, -0.2) is 54.8 Å². The second kappa shape index (κ2) is 20.6. The van der Waals surface area contributed by atoms with Crippen molar-refractivity contribution in [1.82, 2.24) is 10.6 Å². The molecule has 0 saturated heterocycles. The number of hydrogen-bond donors (Lipinski definition) is 2. The Morgan fingerprint density at radius 2 is 1.04 bits per heavy atom. The Morgan fingerprint density at radius 3 is 1.44 bits per heavy atom. The van der Waals surface area contributed by atoms with Crippen LogP contribution >= 0.6 is 50.2 Å². The van der Waals surface area contributed by atoms with Crippen molar-refractivity contribution < 1.29 is 27.5 Å². The number of nitrogens with zero attached hydrogens (tertiary/aromatic N) is 2. The number of halogens is 1. The fourth-order valence-electron chi connectivity index (χ4n) is 7.76. The van der Waals surface area contributed by atoms with Crippen LogP contribution in [-0.2, 0) is 18.0 Å². The van der Waals surface area contributed by atoms with E-state index in [-0.39, 0.29) is 24.2 Å². The number of carbonyl (C=O) groups excluding carboxylic acids is 4. The molecule has 1 unspecified atom stereocenters. The van der Waals surface area contributed by atoms with E-state index in [2.05, 4.69) is 42.7 Å². The van der Waals surface area contributed by atoms with Crippen molar-refractivity contribution in [1.29, 1.82) is 0 Å². The standard InChI is InChI=1S/C30H46BIN4O6PS2/c32-43(45-42-30(40)36-28-15-7-24(8-16-28)18-22-3-11-26(12-4-22)34-20-38)31-44-41-29(39)35-27-13-5-23(6-14-27)17-21-1-9-25(10-2-21)33-19-37/h21-28H,1-18H2,(H,35,39)(H,36,40). The topological polar surface area (TPSA) is 136 Å². The van der Waals surface area contributed by atoms with Crippen molar-refractivity contribution in [2.45, 2.75) is 140 Å². The number of isocyanates is 2. The summed E-state index contributed by atoms with van der Waals surface area (Å²) in [6.45, 7) is 0. The molecule has 4 aliphatic rings. The normalized spacial score (nSPS) is 32.5. The summed E-state index contributed by atoms with van der Waals surface area (Å²) in [6, 6.07) is 0.649. The minimum atomic E-state index is -0.846. The Kier molecular flexibility index (Phi) is 16.9. The first-order valence-electron chi connectivity index (χ1n) is 16.6. The van der Waals surface area contributed by atoms with Gasteiger partial charge in [-0.2, -0.15) is 0 Å². The number of hydrogen-bond acceptors (Lipinski definition) is 10. The first-order valence-corrected chi connectivity index (χ1v) is 23.0. The van der Waals surface area contributed by atoms with Crippen LogP contribution in [0.3, 0.4) is 0 Å². The smallest absolute Gasteiger partial charge is 0.388 e. The van der Waals surface area contributed by atoms with Crippen LogP contribution in [0.5, 0.6) is 0 Å². The first kappa shape index (κ1) is 37.1. The molecule has 2 amide bonds. The quantitative estimate of drug-likeness (QED) is 0.0473. The average Bonchev–Trinajstić information content (AvgIpc) is 3.04. The van der Waals surface area contributed by atoms with Gasteiger partial charge in [-0.25, -0.2) is 29.2 Å². The zero-order valence-corrected chi connectivity index (χ0v) is 30.6. The first-order chi connectivity index (χ1) is 21.9.